The van der Waals surface area contributed by atoms with Gasteiger partial charge in [-0.15, -0.1) is 0 Å². The molecule has 0 bridgehead atoms. The van der Waals surface area contributed by atoms with E-state index in [1.807, 2.05) is 0 Å². The molecule has 1 aliphatic rings. The molecule has 1 fully saturated rings. The van der Waals surface area contributed by atoms with Gasteiger partial charge in [0.1, 0.15) is 5.82 Å². The highest BCUT2D eigenvalue weighted by atomic mass is 19.1. The first-order valence-electron chi connectivity index (χ1n) is 6.60. The Bertz CT molecular complexity index is 533. The van der Waals surface area contributed by atoms with Gasteiger partial charge in [-0.3, -0.25) is 0 Å². The molecule has 6 heteroatoms. The van der Waals surface area contributed by atoms with E-state index in [2.05, 4.69) is 12.2 Å². The van der Waals surface area contributed by atoms with Crippen LogP contribution < -0.4 is 5.32 Å². The van der Waals surface area contributed by atoms with Crippen LogP contribution in [-0.4, -0.2) is 35.1 Å². The van der Waals surface area contributed by atoms with Gasteiger partial charge in [-0.1, -0.05) is 19.4 Å². The van der Waals surface area contributed by atoms with Crippen molar-refractivity contribution in [3.63, 3.8) is 0 Å². The van der Waals surface area contributed by atoms with Gasteiger partial charge in [-0.05, 0) is 24.5 Å². The maximum Gasteiger partial charge on any atom is 0.337 e. The van der Waals surface area contributed by atoms with Gasteiger partial charge in [-0.2, -0.15) is 0 Å². The molecule has 108 valence electrons. The second-order valence-electron chi connectivity index (χ2n) is 4.91. The van der Waals surface area contributed by atoms with Crippen LogP contribution in [0.4, 0.5) is 14.9 Å². The minimum absolute atomic E-state index is 0.246. The molecule has 2 N–H and O–H groups in total. The second kappa shape index (κ2) is 5.90. The molecular weight excluding hydrogens is 263 g/mol. The van der Waals surface area contributed by atoms with E-state index in [-0.39, 0.29) is 11.3 Å². The van der Waals surface area contributed by atoms with Crippen molar-refractivity contribution in [2.24, 2.45) is 5.92 Å². The average molecular weight is 280 g/mol. The lowest BCUT2D eigenvalue weighted by Crippen LogP contribution is -2.33. The minimum Gasteiger partial charge on any atom is -0.478 e. The van der Waals surface area contributed by atoms with Gasteiger partial charge in [-0.25, -0.2) is 14.0 Å². The number of halogens is 1. The monoisotopic (exact) mass is 280 g/mol. The number of rotatable bonds is 3. The molecule has 1 aromatic carbocycles. The highest BCUT2D eigenvalue weighted by Gasteiger charge is 2.26. The third kappa shape index (κ3) is 2.89. The standard InChI is InChI=1S/C14H17FN2O3/c1-2-9-6-7-17(8-9)14(20)16-12-10(13(18)19)4-3-5-11(12)15/h3-5,9H,2,6-8H2,1H3,(H,16,20)(H,18,19). The number of para-hydroxylation sites is 1. The number of carbonyl (C=O) groups excluding carboxylic acids is 1. The van der Waals surface area contributed by atoms with Crippen LogP contribution in [0.1, 0.15) is 30.1 Å². The molecule has 0 spiro atoms. The fraction of sp³-hybridized carbons (Fsp3) is 0.429. The van der Waals surface area contributed by atoms with Crippen molar-refractivity contribution in [2.75, 3.05) is 18.4 Å². The van der Waals surface area contributed by atoms with E-state index in [1.165, 1.54) is 12.1 Å². The molecule has 1 heterocycles. The number of carbonyl (C=O) groups is 2. The van der Waals surface area contributed by atoms with Crippen LogP contribution in [0, 0.1) is 11.7 Å². The number of benzene rings is 1. The number of hydrogen-bond donors (Lipinski definition) is 2. The quantitative estimate of drug-likeness (QED) is 0.894. The summed E-state index contributed by atoms with van der Waals surface area (Å²) in [5.41, 5.74) is -0.519. The number of aromatic carboxylic acids is 1. The SMILES string of the molecule is CCC1CCN(C(=O)Nc2c(F)cccc2C(=O)O)C1. The fourth-order valence-electron chi connectivity index (χ4n) is 2.37. The largest absolute Gasteiger partial charge is 0.478 e. The molecule has 1 unspecified atom stereocenters. The maximum absolute atomic E-state index is 13.7. The van der Waals surface area contributed by atoms with Crippen molar-refractivity contribution in [2.45, 2.75) is 19.8 Å². The van der Waals surface area contributed by atoms with Crippen molar-refractivity contribution >= 4 is 17.7 Å². The highest BCUT2D eigenvalue weighted by Crippen LogP contribution is 2.23. The molecule has 1 saturated heterocycles. The van der Waals surface area contributed by atoms with Gasteiger partial charge < -0.3 is 15.3 Å². The summed E-state index contributed by atoms with van der Waals surface area (Å²) in [5, 5.41) is 11.4. The number of amides is 2. The van der Waals surface area contributed by atoms with Crippen molar-refractivity contribution in [1.29, 1.82) is 0 Å². The van der Waals surface area contributed by atoms with Gasteiger partial charge in [0.05, 0.1) is 11.3 Å². The van der Waals surface area contributed by atoms with Crippen LogP contribution in [0.5, 0.6) is 0 Å². The number of likely N-dealkylation sites (tertiary alicyclic amines) is 1. The Morgan fingerprint density at radius 3 is 2.85 bits per heavy atom. The molecule has 0 aliphatic carbocycles. The van der Waals surface area contributed by atoms with E-state index >= 15 is 0 Å². The van der Waals surface area contributed by atoms with Crippen LogP contribution in [0.25, 0.3) is 0 Å². The summed E-state index contributed by atoms with van der Waals surface area (Å²) in [7, 11) is 0. The highest BCUT2D eigenvalue weighted by molar-refractivity contribution is 6.00. The van der Waals surface area contributed by atoms with Crippen LogP contribution in [-0.2, 0) is 0 Å². The molecule has 1 aromatic rings. The summed E-state index contributed by atoms with van der Waals surface area (Å²) in [4.78, 5) is 24.7. The number of nitrogens with one attached hydrogen (secondary N) is 1. The summed E-state index contributed by atoms with van der Waals surface area (Å²) in [6.07, 6.45) is 1.91. The predicted octanol–water partition coefficient (Wildman–Crippen LogP) is 2.79. The normalized spacial score (nSPS) is 18.1. The Hall–Kier alpha value is -2.11. The lowest BCUT2D eigenvalue weighted by Gasteiger charge is -2.18. The first-order chi connectivity index (χ1) is 9.52. The molecule has 1 aliphatic heterocycles. The number of urea groups is 1. The zero-order valence-electron chi connectivity index (χ0n) is 11.2. The molecule has 5 nitrogen and oxygen atoms in total. The van der Waals surface area contributed by atoms with Gasteiger partial charge in [0.15, 0.2) is 0 Å². The number of nitrogens with zero attached hydrogens (tertiary/aromatic N) is 1. The van der Waals surface area contributed by atoms with Crippen molar-refractivity contribution < 1.29 is 19.1 Å². The molecule has 20 heavy (non-hydrogen) atoms. The average Bonchev–Trinajstić information content (AvgIpc) is 2.89. The summed E-state index contributed by atoms with van der Waals surface area (Å²) in [6.45, 7) is 3.30. The predicted molar refractivity (Wildman–Crippen MR) is 72.3 cm³/mol. The van der Waals surface area contributed by atoms with Crippen LogP contribution >= 0.6 is 0 Å². The van der Waals surface area contributed by atoms with E-state index in [4.69, 9.17) is 5.11 Å². The van der Waals surface area contributed by atoms with Crippen LogP contribution in [0.2, 0.25) is 0 Å². The first kappa shape index (κ1) is 14.3. The Balaban J connectivity index is 2.14. The first-order valence-corrected chi connectivity index (χ1v) is 6.60. The number of hydrogen-bond acceptors (Lipinski definition) is 2. The van der Waals surface area contributed by atoms with Gasteiger partial charge >= 0.3 is 12.0 Å². The summed E-state index contributed by atoms with van der Waals surface area (Å²) in [6, 6.07) is 3.24. The Morgan fingerprint density at radius 2 is 2.25 bits per heavy atom. The summed E-state index contributed by atoms with van der Waals surface area (Å²) >= 11 is 0. The molecule has 0 aromatic heterocycles. The molecular formula is C14H17FN2O3. The van der Waals surface area contributed by atoms with E-state index in [9.17, 15) is 14.0 Å². The zero-order valence-corrected chi connectivity index (χ0v) is 11.2. The topological polar surface area (TPSA) is 69.6 Å². The molecule has 0 saturated carbocycles. The lowest BCUT2D eigenvalue weighted by atomic mass is 10.1. The number of carboxylic acids is 1. The van der Waals surface area contributed by atoms with E-state index in [1.54, 1.807) is 4.90 Å². The van der Waals surface area contributed by atoms with Crippen LogP contribution in [0.15, 0.2) is 18.2 Å². The minimum atomic E-state index is -1.27. The Labute approximate surface area is 116 Å². The fourth-order valence-corrected chi connectivity index (χ4v) is 2.37. The smallest absolute Gasteiger partial charge is 0.337 e. The second-order valence-corrected chi connectivity index (χ2v) is 4.91. The van der Waals surface area contributed by atoms with Gasteiger partial charge in [0.2, 0.25) is 0 Å². The third-order valence-corrected chi connectivity index (χ3v) is 3.63. The van der Waals surface area contributed by atoms with Crippen molar-refractivity contribution in [1.82, 2.24) is 4.90 Å². The lowest BCUT2D eigenvalue weighted by molar-refractivity contribution is 0.0697. The van der Waals surface area contributed by atoms with Crippen molar-refractivity contribution in [3.05, 3.63) is 29.6 Å². The molecule has 2 rings (SSSR count). The summed E-state index contributed by atoms with van der Waals surface area (Å²) < 4.78 is 13.7. The van der Waals surface area contributed by atoms with Crippen LogP contribution in [0.3, 0.4) is 0 Å². The van der Waals surface area contributed by atoms with Gasteiger partial charge in [0, 0.05) is 13.1 Å². The van der Waals surface area contributed by atoms with E-state index in [0.717, 1.165) is 18.9 Å². The van der Waals surface area contributed by atoms with E-state index in [0.29, 0.717) is 19.0 Å². The van der Waals surface area contributed by atoms with Gasteiger partial charge in [0.25, 0.3) is 0 Å². The summed E-state index contributed by atoms with van der Waals surface area (Å²) in [5.74, 6) is -1.56. The number of anilines is 1. The molecule has 2 amide bonds. The Morgan fingerprint density at radius 1 is 1.50 bits per heavy atom. The maximum atomic E-state index is 13.7. The zero-order chi connectivity index (χ0) is 14.7. The Kier molecular flexibility index (Phi) is 4.22. The number of carboxylic acid groups (broad SMARTS) is 1. The van der Waals surface area contributed by atoms with Crippen molar-refractivity contribution in [3.8, 4) is 0 Å². The molecule has 1 atom stereocenters. The third-order valence-electron chi connectivity index (χ3n) is 3.63. The van der Waals surface area contributed by atoms with E-state index < -0.39 is 17.8 Å². The molecule has 0 radical (unpaired) electrons.